The molecule has 4 rings (SSSR count). The molecule has 2 bridgehead atoms. The molecule has 1 aliphatic heterocycles. The molecular formula is C18H23NO3. The van der Waals surface area contributed by atoms with Crippen LogP contribution in [0.15, 0.2) is 12.1 Å². The van der Waals surface area contributed by atoms with Crippen molar-refractivity contribution < 1.29 is 14.6 Å². The molecule has 1 aromatic carbocycles. The Morgan fingerprint density at radius 3 is 3.00 bits per heavy atom. The highest BCUT2D eigenvalue weighted by molar-refractivity contribution is 5.82. The first-order chi connectivity index (χ1) is 10.6. The molecule has 1 aromatic rings. The van der Waals surface area contributed by atoms with E-state index in [4.69, 9.17) is 4.74 Å². The second-order valence-corrected chi connectivity index (χ2v) is 7.17. The van der Waals surface area contributed by atoms with Crippen molar-refractivity contribution in [1.29, 1.82) is 0 Å². The summed E-state index contributed by atoms with van der Waals surface area (Å²) in [5.74, 6) is 1.61. The van der Waals surface area contributed by atoms with E-state index in [1.807, 2.05) is 6.07 Å². The zero-order valence-corrected chi connectivity index (χ0v) is 13.3. The number of ketones is 1. The van der Waals surface area contributed by atoms with Gasteiger partial charge in [0.15, 0.2) is 11.5 Å². The van der Waals surface area contributed by atoms with Crippen molar-refractivity contribution in [2.45, 2.75) is 43.6 Å². The van der Waals surface area contributed by atoms with Gasteiger partial charge in [0.1, 0.15) is 5.78 Å². The zero-order valence-electron chi connectivity index (χ0n) is 13.3. The number of ether oxygens (including phenoxy) is 1. The van der Waals surface area contributed by atoms with Gasteiger partial charge >= 0.3 is 0 Å². The van der Waals surface area contributed by atoms with E-state index < -0.39 is 0 Å². The summed E-state index contributed by atoms with van der Waals surface area (Å²) >= 11 is 0. The quantitative estimate of drug-likeness (QED) is 0.864. The third-order valence-electron chi connectivity index (χ3n) is 6.27. The van der Waals surface area contributed by atoms with Crippen LogP contribution < -0.4 is 4.74 Å². The highest BCUT2D eigenvalue weighted by Crippen LogP contribution is 2.58. The number of Topliss-reactive ketones (excluding diaryl/α,β-unsaturated/α-hetero) is 1. The molecule has 0 radical (unpaired) electrons. The number of phenolic OH excluding ortho intramolecular Hbond substituents is 1. The molecule has 4 heteroatoms. The Hall–Kier alpha value is -1.55. The average molecular weight is 301 g/mol. The maximum atomic E-state index is 12.2. The number of piperidine rings is 1. The Kier molecular flexibility index (Phi) is 3.02. The molecule has 1 saturated carbocycles. The Balaban J connectivity index is 1.95. The highest BCUT2D eigenvalue weighted by atomic mass is 16.5. The number of benzene rings is 1. The number of carbonyl (C=O) groups is 1. The molecule has 118 valence electrons. The van der Waals surface area contributed by atoms with Crippen molar-refractivity contribution in [1.82, 2.24) is 4.90 Å². The van der Waals surface area contributed by atoms with E-state index in [0.717, 1.165) is 31.4 Å². The minimum atomic E-state index is -0.182. The minimum absolute atomic E-state index is 0.182. The molecule has 0 amide bonds. The van der Waals surface area contributed by atoms with Gasteiger partial charge in [-0.3, -0.25) is 4.79 Å². The van der Waals surface area contributed by atoms with Crippen molar-refractivity contribution >= 4 is 5.78 Å². The number of carbonyl (C=O) groups excluding carboxylic acids is 1. The van der Waals surface area contributed by atoms with Crippen molar-refractivity contribution in [3.05, 3.63) is 23.3 Å². The molecule has 0 spiro atoms. The Morgan fingerprint density at radius 1 is 1.41 bits per heavy atom. The monoisotopic (exact) mass is 301 g/mol. The molecule has 22 heavy (non-hydrogen) atoms. The van der Waals surface area contributed by atoms with Crippen LogP contribution in [-0.4, -0.2) is 42.5 Å². The van der Waals surface area contributed by atoms with Gasteiger partial charge in [0.25, 0.3) is 0 Å². The Bertz CT molecular complexity index is 641. The number of hydrogen-bond donors (Lipinski definition) is 1. The molecule has 1 saturated heterocycles. The van der Waals surface area contributed by atoms with E-state index in [0.29, 0.717) is 36.3 Å². The van der Waals surface area contributed by atoms with Gasteiger partial charge in [-0.15, -0.1) is 0 Å². The maximum Gasteiger partial charge on any atom is 0.161 e. The summed E-state index contributed by atoms with van der Waals surface area (Å²) in [6.45, 7) is 0.991. The average Bonchev–Trinajstić information content (AvgIpc) is 2.50. The number of hydrogen-bond acceptors (Lipinski definition) is 4. The Morgan fingerprint density at radius 2 is 2.23 bits per heavy atom. The smallest absolute Gasteiger partial charge is 0.161 e. The number of likely N-dealkylation sites (N-methyl/N-ethyl adjacent to an activating group) is 1. The van der Waals surface area contributed by atoms with E-state index in [9.17, 15) is 9.90 Å². The molecule has 0 aromatic heterocycles. The predicted molar refractivity (Wildman–Crippen MR) is 83.4 cm³/mol. The van der Waals surface area contributed by atoms with Crippen LogP contribution >= 0.6 is 0 Å². The van der Waals surface area contributed by atoms with E-state index in [1.165, 1.54) is 5.56 Å². The lowest BCUT2D eigenvalue weighted by Crippen LogP contribution is -2.60. The van der Waals surface area contributed by atoms with Crippen LogP contribution in [0.2, 0.25) is 0 Å². The standard InChI is InChI=1S/C18H23NO3/c1-19-8-7-18-10-12(20)4-5-13(18)14(19)9-11-3-6-15(22-2)17(21)16(11)18/h3,6,13-14,21H,4-5,7-10H2,1-2H3/t13-,14?,18-/m1/s1. The topological polar surface area (TPSA) is 49.8 Å². The van der Waals surface area contributed by atoms with Gasteiger partial charge in [0, 0.05) is 29.9 Å². The number of phenols is 1. The van der Waals surface area contributed by atoms with Crippen LogP contribution in [0.5, 0.6) is 11.5 Å². The van der Waals surface area contributed by atoms with Crippen LogP contribution in [-0.2, 0) is 16.6 Å². The zero-order chi connectivity index (χ0) is 15.5. The van der Waals surface area contributed by atoms with E-state index in [1.54, 1.807) is 7.11 Å². The summed E-state index contributed by atoms with van der Waals surface area (Å²) < 4.78 is 5.33. The minimum Gasteiger partial charge on any atom is -0.504 e. The van der Waals surface area contributed by atoms with E-state index in [-0.39, 0.29) is 11.2 Å². The summed E-state index contributed by atoms with van der Waals surface area (Å²) in [6.07, 6.45) is 4.13. The van der Waals surface area contributed by atoms with E-state index in [2.05, 4.69) is 18.0 Å². The molecule has 2 aliphatic carbocycles. The number of rotatable bonds is 1. The van der Waals surface area contributed by atoms with Crippen molar-refractivity contribution in [2.75, 3.05) is 20.7 Å². The lowest BCUT2D eigenvalue weighted by atomic mass is 9.52. The number of aromatic hydroxyl groups is 1. The van der Waals surface area contributed by atoms with Gasteiger partial charge in [0.05, 0.1) is 7.11 Å². The summed E-state index contributed by atoms with van der Waals surface area (Å²) in [5, 5.41) is 10.8. The molecule has 3 atom stereocenters. The lowest BCUT2D eigenvalue weighted by Gasteiger charge is -2.58. The molecule has 1 unspecified atom stereocenters. The fraction of sp³-hybridized carbons (Fsp3) is 0.611. The largest absolute Gasteiger partial charge is 0.504 e. The summed E-state index contributed by atoms with van der Waals surface area (Å²) in [5.41, 5.74) is 2.02. The number of nitrogens with zero attached hydrogens (tertiary/aromatic N) is 1. The fourth-order valence-corrected chi connectivity index (χ4v) is 5.27. The highest BCUT2D eigenvalue weighted by Gasteiger charge is 2.56. The van der Waals surface area contributed by atoms with Crippen LogP contribution in [0.25, 0.3) is 0 Å². The van der Waals surface area contributed by atoms with Gasteiger partial charge in [-0.2, -0.15) is 0 Å². The molecule has 2 fully saturated rings. The fourth-order valence-electron chi connectivity index (χ4n) is 5.27. The van der Waals surface area contributed by atoms with Gasteiger partial charge in [-0.25, -0.2) is 0 Å². The van der Waals surface area contributed by atoms with Crippen LogP contribution in [0.4, 0.5) is 0 Å². The first-order valence-corrected chi connectivity index (χ1v) is 8.18. The van der Waals surface area contributed by atoms with Crippen molar-refractivity contribution in [2.24, 2.45) is 5.92 Å². The Labute approximate surface area is 131 Å². The predicted octanol–water partition coefficient (Wildman–Crippen LogP) is 2.27. The molecule has 4 nitrogen and oxygen atoms in total. The first kappa shape index (κ1) is 14.1. The number of fused-ring (bicyclic) bond motifs is 1. The molecule has 1 N–H and O–H groups in total. The third-order valence-corrected chi connectivity index (χ3v) is 6.27. The third kappa shape index (κ3) is 1.70. The summed E-state index contributed by atoms with van der Waals surface area (Å²) in [6, 6.07) is 4.42. The van der Waals surface area contributed by atoms with Gasteiger partial charge < -0.3 is 14.7 Å². The van der Waals surface area contributed by atoms with Crippen LogP contribution in [0.3, 0.4) is 0 Å². The van der Waals surface area contributed by atoms with Gasteiger partial charge in [-0.1, -0.05) is 6.07 Å². The number of methoxy groups -OCH3 is 1. The lowest BCUT2D eigenvalue weighted by molar-refractivity contribution is -0.126. The van der Waals surface area contributed by atoms with Crippen LogP contribution in [0, 0.1) is 5.92 Å². The summed E-state index contributed by atoms with van der Waals surface area (Å²) in [7, 11) is 3.78. The summed E-state index contributed by atoms with van der Waals surface area (Å²) in [4.78, 5) is 14.7. The molecule has 3 aliphatic rings. The SMILES string of the molecule is COc1ccc2c(c1O)[C@@]13CCN(C)C(C2)[C@H]1CCC(=O)C3. The normalized spacial score (nSPS) is 34.0. The van der Waals surface area contributed by atoms with Gasteiger partial charge in [0.2, 0.25) is 0 Å². The van der Waals surface area contributed by atoms with Crippen molar-refractivity contribution in [3.8, 4) is 11.5 Å². The molecular weight excluding hydrogens is 278 g/mol. The maximum absolute atomic E-state index is 12.2. The first-order valence-electron chi connectivity index (χ1n) is 8.18. The second kappa shape index (κ2) is 4.72. The van der Waals surface area contributed by atoms with Gasteiger partial charge in [-0.05, 0) is 50.4 Å². The number of likely N-dealkylation sites (tertiary alicyclic amines) is 1. The molecule has 1 heterocycles. The van der Waals surface area contributed by atoms with Crippen molar-refractivity contribution in [3.63, 3.8) is 0 Å². The van der Waals surface area contributed by atoms with Crippen LogP contribution in [0.1, 0.15) is 36.8 Å². The van der Waals surface area contributed by atoms with E-state index >= 15 is 0 Å². The second-order valence-electron chi connectivity index (χ2n) is 7.17.